The van der Waals surface area contributed by atoms with Gasteiger partial charge in [-0.15, -0.1) is 11.3 Å². The van der Waals surface area contributed by atoms with Crippen molar-refractivity contribution < 1.29 is 14.2 Å². The zero-order valence-corrected chi connectivity index (χ0v) is 17.6. The Hall–Kier alpha value is -2.73. The second-order valence-corrected chi connectivity index (χ2v) is 8.62. The fraction of sp³-hybridized carbons (Fsp3) is 0.318. The van der Waals surface area contributed by atoms with Gasteiger partial charge in [-0.3, -0.25) is 0 Å². The number of fused-ring (bicyclic) bond motifs is 1. The molecule has 1 N–H and O–H groups in total. The molecule has 0 atom stereocenters. The monoisotopic (exact) mass is 396 g/mol. The predicted octanol–water partition coefficient (Wildman–Crippen LogP) is 5.39. The van der Waals surface area contributed by atoms with E-state index in [2.05, 4.69) is 38.2 Å². The summed E-state index contributed by atoms with van der Waals surface area (Å²) >= 11 is 1.67. The Morgan fingerprint density at radius 3 is 2.54 bits per heavy atom. The molecule has 6 heteroatoms. The van der Waals surface area contributed by atoms with E-state index in [0.717, 1.165) is 39.8 Å². The Balaban J connectivity index is 1.69. The lowest BCUT2D eigenvalue weighted by molar-refractivity contribution is 0.116. The molecule has 0 unspecified atom stereocenters. The first-order valence-corrected chi connectivity index (χ1v) is 9.99. The number of rotatable bonds is 4. The van der Waals surface area contributed by atoms with E-state index in [0.29, 0.717) is 11.5 Å². The van der Waals surface area contributed by atoms with Crippen LogP contribution in [0.4, 0.5) is 5.69 Å². The molecule has 1 aromatic heterocycles. The van der Waals surface area contributed by atoms with Crippen molar-refractivity contribution in [3.8, 4) is 39.1 Å². The van der Waals surface area contributed by atoms with Gasteiger partial charge in [-0.25, -0.2) is 4.98 Å². The molecule has 1 aliphatic heterocycles. The Morgan fingerprint density at radius 2 is 1.79 bits per heavy atom. The third-order valence-corrected chi connectivity index (χ3v) is 5.79. The van der Waals surface area contributed by atoms with Gasteiger partial charge in [0.2, 0.25) is 0 Å². The lowest BCUT2D eigenvalue weighted by Crippen LogP contribution is -2.39. The van der Waals surface area contributed by atoms with Crippen molar-refractivity contribution >= 4 is 17.0 Å². The summed E-state index contributed by atoms with van der Waals surface area (Å²) in [6, 6.07) is 12.1. The highest BCUT2D eigenvalue weighted by Crippen LogP contribution is 2.40. The Kier molecular flexibility index (Phi) is 4.67. The molecule has 2 aromatic carbocycles. The first kappa shape index (κ1) is 18.6. The molecule has 146 valence electrons. The summed E-state index contributed by atoms with van der Waals surface area (Å²) in [6.45, 7) is 7.04. The van der Waals surface area contributed by atoms with E-state index in [4.69, 9.17) is 19.2 Å². The molecular formula is C22H24N2O3S. The van der Waals surface area contributed by atoms with Crippen molar-refractivity contribution in [2.75, 3.05) is 26.1 Å². The minimum atomic E-state index is -0.203. The van der Waals surface area contributed by atoms with Crippen molar-refractivity contribution in [2.24, 2.45) is 0 Å². The van der Waals surface area contributed by atoms with Crippen LogP contribution in [0.15, 0.2) is 36.4 Å². The fourth-order valence-corrected chi connectivity index (χ4v) is 4.24. The minimum Gasteiger partial charge on any atom is -0.493 e. The maximum Gasteiger partial charge on any atom is 0.161 e. The van der Waals surface area contributed by atoms with Gasteiger partial charge in [0.15, 0.2) is 11.5 Å². The van der Waals surface area contributed by atoms with Crippen LogP contribution in [-0.4, -0.2) is 31.3 Å². The number of hydrogen-bond donors (Lipinski definition) is 1. The third kappa shape index (κ3) is 3.40. The number of methoxy groups -OCH3 is 2. The predicted molar refractivity (Wildman–Crippen MR) is 114 cm³/mol. The van der Waals surface area contributed by atoms with Crippen LogP contribution in [0.2, 0.25) is 0 Å². The lowest BCUT2D eigenvalue weighted by Gasteiger charge is -2.33. The summed E-state index contributed by atoms with van der Waals surface area (Å²) in [5, 5.41) is 4.42. The van der Waals surface area contributed by atoms with Gasteiger partial charge in [0.25, 0.3) is 0 Å². The van der Waals surface area contributed by atoms with Gasteiger partial charge in [0.05, 0.1) is 32.1 Å². The summed E-state index contributed by atoms with van der Waals surface area (Å²) in [5.74, 6) is 2.29. The average molecular weight is 397 g/mol. The van der Waals surface area contributed by atoms with Crippen molar-refractivity contribution in [3.63, 3.8) is 0 Å². The zero-order valence-electron chi connectivity index (χ0n) is 16.8. The van der Waals surface area contributed by atoms with Gasteiger partial charge < -0.3 is 19.5 Å². The summed E-state index contributed by atoms with van der Waals surface area (Å²) < 4.78 is 16.8. The van der Waals surface area contributed by atoms with E-state index in [9.17, 15) is 0 Å². The maximum absolute atomic E-state index is 6.06. The number of nitrogens with zero attached hydrogens (tertiary/aromatic N) is 1. The molecule has 0 spiro atoms. The molecule has 1 aliphatic rings. The van der Waals surface area contributed by atoms with Crippen molar-refractivity contribution in [2.45, 2.75) is 26.4 Å². The maximum atomic E-state index is 6.06. The van der Waals surface area contributed by atoms with Gasteiger partial charge >= 0.3 is 0 Å². The van der Waals surface area contributed by atoms with Crippen LogP contribution in [0.25, 0.3) is 21.8 Å². The van der Waals surface area contributed by atoms with Crippen LogP contribution in [-0.2, 0) is 0 Å². The summed E-state index contributed by atoms with van der Waals surface area (Å²) in [5.41, 5.74) is 3.89. The van der Waals surface area contributed by atoms with Crippen LogP contribution < -0.4 is 19.5 Å². The quantitative estimate of drug-likeness (QED) is 0.641. The number of benzene rings is 2. The Labute approximate surface area is 169 Å². The molecule has 3 aromatic rings. The SMILES string of the molecule is COc1ccc(-c2nc(-c3ccc4c(c3)NCC(C)(C)O4)c(C)s2)cc1OC. The first-order valence-electron chi connectivity index (χ1n) is 9.17. The molecule has 0 saturated heterocycles. The summed E-state index contributed by atoms with van der Waals surface area (Å²) in [4.78, 5) is 6.08. The van der Waals surface area contributed by atoms with Gasteiger partial charge in [-0.1, -0.05) is 0 Å². The smallest absolute Gasteiger partial charge is 0.161 e. The minimum absolute atomic E-state index is 0.203. The van der Waals surface area contributed by atoms with Crippen molar-refractivity contribution in [3.05, 3.63) is 41.3 Å². The highest BCUT2D eigenvalue weighted by atomic mass is 32.1. The molecule has 0 bridgehead atoms. The topological polar surface area (TPSA) is 52.6 Å². The van der Waals surface area contributed by atoms with Gasteiger partial charge in [0.1, 0.15) is 16.4 Å². The van der Waals surface area contributed by atoms with E-state index in [1.54, 1.807) is 25.6 Å². The van der Waals surface area contributed by atoms with Gasteiger partial charge in [-0.05, 0) is 57.2 Å². The van der Waals surface area contributed by atoms with Crippen molar-refractivity contribution in [1.29, 1.82) is 0 Å². The molecule has 0 fully saturated rings. The van der Waals surface area contributed by atoms with E-state index in [-0.39, 0.29) is 5.60 Å². The first-order chi connectivity index (χ1) is 13.4. The molecule has 2 heterocycles. The largest absolute Gasteiger partial charge is 0.493 e. The summed E-state index contributed by atoms with van der Waals surface area (Å²) in [6.07, 6.45) is 0. The number of anilines is 1. The number of aryl methyl sites for hydroxylation is 1. The molecule has 0 aliphatic carbocycles. The second-order valence-electron chi connectivity index (χ2n) is 7.42. The normalized spacial score (nSPS) is 14.6. The summed E-state index contributed by atoms with van der Waals surface area (Å²) in [7, 11) is 3.28. The number of ether oxygens (including phenoxy) is 3. The molecule has 5 nitrogen and oxygen atoms in total. The Morgan fingerprint density at radius 1 is 1.04 bits per heavy atom. The molecule has 4 rings (SSSR count). The standard InChI is InChI=1S/C22H24N2O3S/c1-13-20(14-6-8-17-16(10-14)23-12-22(2,3)27-17)24-21(28-13)15-7-9-18(25-4)19(11-15)26-5/h6-11,23H,12H2,1-5H3. The van der Waals surface area contributed by atoms with Crippen LogP contribution in [0.5, 0.6) is 17.2 Å². The van der Waals surface area contributed by atoms with E-state index >= 15 is 0 Å². The lowest BCUT2D eigenvalue weighted by atomic mass is 10.0. The van der Waals surface area contributed by atoms with Crippen LogP contribution >= 0.6 is 11.3 Å². The van der Waals surface area contributed by atoms with Crippen LogP contribution in [0.1, 0.15) is 18.7 Å². The molecule has 0 radical (unpaired) electrons. The molecule has 0 amide bonds. The fourth-order valence-electron chi connectivity index (χ4n) is 3.30. The molecule has 28 heavy (non-hydrogen) atoms. The van der Waals surface area contributed by atoms with Gasteiger partial charge in [0, 0.05) is 16.0 Å². The highest BCUT2D eigenvalue weighted by molar-refractivity contribution is 7.15. The number of aromatic nitrogens is 1. The van der Waals surface area contributed by atoms with E-state index in [1.165, 1.54) is 4.88 Å². The zero-order chi connectivity index (χ0) is 19.9. The highest BCUT2D eigenvalue weighted by Gasteiger charge is 2.26. The van der Waals surface area contributed by atoms with Crippen LogP contribution in [0, 0.1) is 6.92 Å². The number of hydrogen-bond acceptors (Lipinski definition) is 6. The number of nitrogens with one attached hydrogen (secondary N) is 1. The van der Waals surface area contributed by atoms with Crippen LogP contribution in [0.3, 0.4) is 0 Å². The third-order valence-electron chi connectivity index (χ3n) is 4.77. The van der Waals surface area contributed by atoms with E-state index < -0.39 is 0 Å². The Bertz CT molecular complexity index is 1030. The van der Waals surface area contributed by atoms with Gasteiger partial charge in [-0.2, -0.15) is 0 Å². The molecular weight excluding hydrogens is 372 g/mol. The number of thiazole rings is 1. The molecule has 0 saturated carbocycles. The second kappa shape index (κ2) is 7.02. The van der Waals surface area contributed by atoms with E-state index in [1.807, 2.05) is 24.3 Å². The average Bonchev–Trinajstić information content (AvgIpc) is 3.08. The van der Waals surface area contributed by atoms with Crippen molar-refractivity contribution in [1.82, 2.24) is 4.98 Å².